The summed E-state index contributed by atoms with van der Waals surface area (Å²) in [5.74, 6) is -1.06. The zero-order valence-electron chi connectivity index (χ0n) is 12.3. The molecule has 23 heavy (non-hydrogen) atoms. The molecule has 0 saturated carbocycles. The van der Waals surface area contributed by atoms with Gasteiger partial charge in [0.2, 0.25) is 0 Å². The average Bonchev–Trinajstić information content (AvgIpc) is 2.88. The van der Waals surface area contributed by atoms with E-state index in [1.807, 2.05) is 0 Å². The summed E-state index contributed by atoms with van der Waals surface area (Å²) < 4.78 is 45.3. The normalized spacial score (nSPS) is 11.4. The van der Waals surface area contributed by atoms with Crippen LogP contribution in [0.15, 0.2) is 30.3 Å². The van der Waals surface area contributed by atoms with E-state index in [1.54, 1.807) is 0 Å². The SMILES string of the molecule is CCOC(=O)c1cc(-c2ccc(Cl)cc2)n(OC)c1C(F)(F)F. The van der Waals surface area contributed by atoms with Crippen LogP contribution >= 0.6 is 11.6 Å². The highest BCUT2D eigenvalue weighted by Gasteiger charge is 2.42. The van der Waals surface area contributed by atoms with Crippen LogP contribution < -0.4 is 4.84 Å². The first kappa shape index (κ1) is 17.2. The van der Waals surface area contributed by atoms with E-state index < -0.39 is 23.4 Å². The van der Waals surface area contributed by atoms with E-state index in [9.17, 15) is 18.0 Å². The monoisotopic (exact) mass is 347 g/mol. The first-order chi connectivity index (χ1) is 10.8. The number of carbonyl (C=O) groups excluding carboxylic acids is 1. The highest BCUT2D eigenvalue weighted by Crippen LogP contribution is 2.37. The van der Waals surface area contributed by atoms with Crippen molar-refractivity contribution in [1.29, 1.82) is 0 Å². The molecule has 0 amide bonds. The molecule has 0 unspecified atom stereocenters. The fourth-order valence-corrected chi connectivity index (χ4v) is 2.26. The number of halogens is 4. The number of esters is 1. The topological polar surface area (TPSA) is 40.5 Å². The molecule has 1 heterocycles. The highest BCUT2D eigenvalue weighted by molar-refractivity contribution is 6.30. The number of alkyl halides is 3. The minimum atomic E-state index is -4.79. The third kappa shape index (κ3) is 3.44. The number of carbonyl (C=O) groups is 1. The molecule has 1 aromatic carbocycles. The lowest BCUT2D eigenvalue weighted by molar-refractivity contribution is -0.150. The molecule has 0 bridgehead atoms. The second-order valence-electron chi connectivity index (χ2n) is 4.49. The van der Waals surface area contributed by atoms with Crippen molar-refractivity contribution in [3.8, 4) is 11.3 Å². The second-order valence-corrected chi connectivity index (χ2v) is 4.93. The summed E-state index contributed by atoms with van der Waals surface area (Å²) in [4.78, 5) is 16.7. The Balaban J connectivity index is 2.68. The third-order valence-corrected chi connectivity index (χ3v) is 3.30. The minimum absolute atomic E-state index is 0.0371. The Hall–Kier alpha value is -2.15. The molecule has 0 aliphatic rings. The molecule has 0 aliphatic carbocycles. The minimum Gasteiger partial charge on any atom is -0.462 e. The van der Waals surface area contributed by atoms with Gasteiger partial charge in [0.05, 0.1) is 17.9 Å². The van der Waals surface area contributed by atoms with Crippen molar-refractivity contribution in [2.75, 3.05) is 13.7 Å². The van der Waals surface area contributed by atoms with E-state index in [1.165, 1.54) is 31.2 Å². The lowest BCUT2D eigenvalue weighted by Gasteiger charge is -2.14. The number of rotatable bonds is 4. The molecule has 2 rings (SSSR count). The summed E-state index contributed by atoms with van der Waals surface area (Å²) in [6, 6.07) is 7.21. The molecule has 0 atom stereocenters. The first-order valence-corrected chi connectivity index (χ1v) is 6.97. The van der Waals surface area contributed by atoms with Gasteiger partial charge >= 0.3 is 12.1 Å². The van der Waals surface area contributed by atoms with Gasteiger partial charge in [-0.3, -0.25) is 0 Å². The zero-order chi connectivity index (χ0) is 17.2. The molecule has 0 saturated heterocycles. The van der Waals surface area contributed by atoms with Crippen molar-refractivity contribution < 1.29 is 27.5 Å². The van der Waals surface area contributed by atoms with Gasteiger partial charge in [-0.1, -0.05) is 23.7 Å². The van der Waals surface area contributed by atoms with E-state index in [0.29, 0.717) is 15.3 Å². The van der Waals surface area contributed by atoms with Gasteiger partial charge < -0.3 is 9.57 Å². The van der Waals surface area contributed by atoms with E-state index in [4.69, 9.17) is 21.2 Å². The Kier molecular flexibility index (Phi) is 4.89. The molecule has 0 spiro atoms. The number of hydrogen-bond donors (Lipinski definition) is 0. The fourth-order valence-electron chi connectivity index (χ4n) is 2.14. The second kappa shape index (κ2) is 6.54. The van der Waals surface area contributed by atoms with E-state index >= 15 is 0 Å². The number of nitrogens with zero attached hydrogens (tertiary/aromatic N) is 1. The highest BCUT2D eigenvalue weighted by atomic mass is 35.5. The number of aromatic nitrogens is 1. The van der Waals surface area contributed by atoms with Crippen molar-refractivity contribution in [3.05, 3.63) is 46.6 Å². The smallest absolute Gasteiger partial charge is 0.435 e. The summed E-state index contributed by atoms with van der Waals surface area (Å²) in [7, 11) is 1.09. The first-order valence-electron chi connectivity index (χ1n) is 6.60. The molecule has 1 aromatic heterocycles. The van der Waals surface area contributed by atoms with Crippen LogP contribution in [0.2, 0.25) is 5.02 Å². The Morgan fingerprint density at radius 2 is 1.87 bits per heavy atom. The summed E-state index contributed by atoms with van der Waals surface area (Å²) >= 11 is 5.78. The van der Waals surface area contributed by atoms with Crippen molar-refractivity contribution in [3.63, 3.8) is 0 Å². The largest absolute Gasteiger partial charge is 0.462 e. The molecule has 0 fully saturated rings. The summed E-state index contributed by atoms with van der Waals surface area (Å²) in [5.41, 5.74) is -1.34. The predicted octanol–water partition coefficient (Wildman–Crippen LogP) is 4.06. The molecule has 0 aliphatic heterocycles. The van der Waals surface area contributed by atoms with Gasteiger partial charge in [-0.25, -0.2) is 4.79 Å². The number of hydrogen-bond acceptors (Lipinski definition) is 3. The quantitative estimate of drug-likeness (QED) is 0.783. The van der Waals surface area contributed by atoms with Gasteiger partial charge in [0.25, 0.3) is 0 Å². The van der Waals surface area contributed by atoms with Crippen LogP contribution in [-0.2, 0) is 10.9 Å². The third-order valence-electron chi connectivity index (χ3n) is 3.04. The molecular formula is C15H13ClF3NO3. The van der Waals surface area contributed by atoms with Gasteiger partial charge in [-0.15, -0.1) is 0 Å². The Morgan fingerprint density at radius 3 is 2.35 bits per heavy atom. The van der Waals surface area contributed by atoms with Crippen molar-refractivity contribution >= 4 is 17.6 Å². The Morgan fingerprint density at radius 1 is 1.26 bits per heavy atom. The zero-order valence-corrected chi connectivity index (χ0v) is 13.0. The number of ether oxygens (including phenoxy) is 1. The van der Waals surface area contributed by atoms with Gasteiger partial charge in [-0.05, 0) is 25.1 Å². The molecular weight excluding hydrogens is 335 g/mol. The maximum Gasteiger partial charge on any atom is 0.435 e. The van der Waals surface area contributed by atoms with Crippen LogP contribution in [-0.4, -0.2) is 24.4 Å². The van der Waals surface area contributed by atoms with Crippen molar-refractivity contribution in [2.24, 2.45) is 0 Å². The molecule has 0 radical (unpaired) electrons. The fraction of sp³-hybridized carbons (Fsp3) is 0.267. The van der Waals surface area contributed by atoms with E-state index in [-0.39, 0.29) is 12.3 Å². The van der Waals surface area contributed by atoms with Crippen LogP contribution in [0.5, 0.6) is 0 Å². The van der Waals surface area contributed by atoms with Crippen LogP contribution in [0, 0.1) is 0 Å². The molecule has 8 heteroatoms. The van der Waals surface area contributed by atoms with E-state index in [2.05, 4.69) is 0 Å². The molecule has 4 nitrogen and oxygen atoms in total. The molecule has 2 aromatic rings. The lowest BCUT2D eigenvalue weighted by atomic mass is 10.1. The van der Waals surface area contributed by atoms with Gasteiger partial charge in [-0.2, -0.15) is 17.9 Å². The van der Waals surface area contributed by atoms with Gasteiger partial charge in [0, 0.05) is 10.6 Å². The molecule has 0 N–H and O–H groups in total. The van der Waals surface area contributed by atoms with Crippen molar-refractivity contribution in [1.82, 2.24) is 4.73 Å². The van der Waals surface area contributed by atoms with Crippen molar-refractivity contribution in [2.45, 2.75) is 13.1 Å². The van der Waals surface area contributed by atoms with E-state index in [0.717, 1.165) is 13.2 Å². The summed E-state index contributed by atoms with van der Waals surface area (Å²) in [6.07, 6.45) is -4.79. The lowest BCUT2D eigenvalue weighted by Crippen LogP contribution is -2.22. The van der Waals surface area contributed by atoms with Crippen LogP contribution in [0.3, 0.4) is 0 Å². The Labute approximate surface area is 135 Å². The maximum atomic E-state index is 13.4. The maximum absolute atomic E-state index is 13.4. The van der Waals surface area contributed by atoms with Crippen LogP contribution in [0.4, 0.5) is 13.2 Å². The van der Waals surface area contributed by atoms with Crippen LogP contribution in [0.1, 0.15) is 23.0 Å². The summed E-state index contributed by atoms with van der Waals surface area (Å²) in [5, 5.41) is 0.436. The average molecular weight is 348 g/mol. The van der Waals surface area contributed by atoms with Crippen LogP contribution in [0.25, 0.3) is 11.3 Å². The van der Waals surface area contributed by atoms with Gasteiger partial charge in [0.15, 0.2) is 5.69 Å². The standard InChI is InChI=1S/C15H13ClF3NO3/c1-3-23-14(21)11-8-12(9-4-6-10(16)7-5-9)20(22-2)13(11)15(17,18)19/h4-8H,3H2,1-2H3. The number of benzene rings is 1. The van der Waals surface area contributed by atoms with Gasteiger partial charge in [0.1, 0.15) is 7.11 Å². The summed E-state index contributed by atoms with van der Waals surface area (Å²) in [6.45, 7) is 1.48. The Bertz CT molecular complexity index is 708. The molecule has 124 valence electrons. The predicted molar refractivity (Wildman–Crippen MR) is 78.3 cm³/mol.